The van der Waals surface area contributed by atoms with Crippen molar-refractivity contribution in [1.29, 1.82) is 0 Å². The fourth-order valence-corrected chi connectivity index (χ4v) is 20.2. The van der Waals surface area contributed by atoms with Gasteiger partial charge in [0.2, 0.25) is 70.9 Å². The fraction of sp³-hybridized carbons (Fsp3) is 0.529. The maximum atomic E-state index is 13.5. The number of aromatic nitrogens is 4. The van der Waals surface area contributed by atoms with Gasteiger partial charge in [0.15, 0.2) is 0 Å². The van der Waals surface area contributed by atoms with Crippen molar-refractivity contribution >= 4 is 116 Å². The summed E-state index contributed by atoms with van der Waals surface area (Å²) in [7, 11) is 0. The lowest BCUT2D eigenvalue weighted by molar-refractivity contribution is -0.144. The second-order valence-corrected chi connectivity index (χ2v) is 43.9. The van der Waals surface area contributed by atoms with Gasteiger partial charge in [0.1, 0.15) is 48.3 Å². The predicted octanol–water partition coefficient (Wildman–Crippen LogP) is 12.0. The molecule has 16 atom stereocenters. The number of nitrogens with one attached hydrogen (secondary N) is 8. The SMILES string of the molecule is CC(=O)N[C@H](C(=O)N1C[C@@H](O)C[C@H]1C(=O)N[C@@H](C)c1ccc(-c2scnc2C)cc1)C(C)(C)C.CC(=O)N[C@H](C(=O)N1C[C@H](O)C[C@H]1C(=O)N[C@@H](C)c1ccc(-c2scnc2C)cc1)C(C)(C)C.CCC(=O)N[C@H](C(=O)N1C[C@@H](O)C[C@H]1C(=O)N[C@@H](C)c1ccc(-c2scnc2C)cc1)C(C)(C)C.CCC(=O)N[C@H](C(=O)N1C[C@H](O)C[C@H]1C(=O)N[C@@H](C)c1ccc(-c2scnc2C)cc1)C(C)(C)C. The molecule has 0 saturated carbocycles. The van der Waals surface area contributed by atoms with E-state index in [9.17, 15) is 78.0 Å². The number of amides is 12. The van der Waals surface area contributed by atoms with Crippen molar-refractivity contribution in [3.8, 4) is 41.8 Å². The molecule has 4 aromatic carbocycles. The topological polar surface area (TPSA) is 447 Å². The smallest absolute Gasteiger partial charge is 0.246 e. The van der Waals surface area contributed by atoms with Crippen molar-refractivity contribution in [1.82, 2.24) is 82.1 Å². The van der Waals surface area contributed by atoms with Crippen LogP contribution in [0.2, 0.25) is 0 Å². The lowest BCUT2D eigenvalue weighted by atomic mass is 9.85. The molecular formula is C102H140N16O16S4. The van der Waals surface area contributed by atoms with Crippen LogP contribution in [0, 0.1) is 49.4 Å². The highest BCUT2D eigenvalue weighted by atomic mass is 32.1. The second-order valence-electron chi connectivity index (χ2n) is 40.5. The summed E-state index contributed by atoms with van der Waals surface area (Å²) >= 11 is 6.35. The number of aryl methyl sites for hydroxylation is 4. The van der Waals surface area contributed by atoms with Gasteiger partial charge in [-0.1, -0.05) is 194 Å². The van der Waals surface area contributed by atoms with E-state index in [0.29, 0.717) is 0 Å². The van der Waals surface area contributed by atoms with Crippen molar-refractivity contribution in [2.75, 3.05) is 26.2 Å². The summed E-state index contributed by atoms with van der Waals surface area (Å²) < 4.78 is 0. The average Bonchev–Trinajstić information content (AvgIpc) is 1.62. The largest absolute Gasteiger partial charge is 0.391 e. The Morgan fingerprint density at radius 1 is 0.319 bits per heavy atom. The zero-order valence-electron chi connectivity index (χ0n) is 83.8. The quantitative estimate of drug-likeness (QED) is 0.0239. The first kappa shape index (κ1) is 111. The van der Waals surface area contributed by atoms with Gasteiger partial charge in [-0.3, -0.25) is 57.5 Å². The van der Waals surface area contributed by atoms with Gasteiger partial charge < -0.3 is 82.6 Å². The Bertz CT molecular complexity index is 5220. The Morgan fingerprint density at radius 3 is 0.652 bits per heavy atom. The first-order chi connectivity index (χ1) is 64.6. The van der Waals surface area contributed by atoms with Gasteiger partial charge in [-0.2, -0.15) is 0 Å². The highest BCUT2D eigenvalue weighted by molar-refractivity contribution is 7.14. The van der Waals surface area contributed by atoms with Crippen molar-refractivity contribution < 1.29 is 78.0 Å². The van der Waals surface area contributed by atoms with Crippen LogP contribution in [0.5, 0.6) is 0 Å². The van der Waals surface area contributed by atoms with Gasteiger partial charge in [-0.15, -0.1) is 45.3 Å². The summed E-state index contributed by atoms with van der Waals surface area (Å²) in [5.41, 5.74) is 17.0. The molecule has 36 heteroatoms. The number of β-amino-alcohol motifs (C(OH)–C–C–N with tert-alkyl or cyclic N) is 4. The van der Waals surface area contributed by atoms with Gasteiger partial charge in [0.05, 0.1) is 113 Å². The molecule has 0 unspecified atom stereocenters. The lowest BCUT2D eigenvalue weighted by Crippen LogP contribution is -2.57. The first-order valence-corrected chi connectivity index (χ1v) is 50.4. The highest BCUT2D eigenvalue weighted by Crippen LogP contribution is 2.37. The third-order valence-corrected chi connectivity index (χ3v) is 28.9. The van der Waals surface area contributed by atoms with E-state index < -0.39 is 94.4 Å². The van der Waals surface area contributed by atoms with Crippen LogP contribution >= 0.6 is 45.3 Å². The number of thiazole rings is 4. The molecule has 4 aromatic heterocycles. The number of rotatable bonds is 26. The predicted molar refractivity (Wildman–Crippen MR) is 537 cm³/mol. The van der Waals surface area contributed by atoms with Gasteiger partial charge in [0.25, 0.3) is 0 Å². The van der Waals surface area contributed by atoms with Crippen LogP contribution < -0.4 is 42.5 Å². The third kappa shape index (κ3) is 29.0. The Morgan fingerprint density at radius 2 is 0.500 bits per heavy atom. The molecule has 32 nitrogen and oxygen atoms in total. The number of aliphatic hydroxyl groups is 4. The molecule has 748 valence electrons. The molecule has 0 aliphatic carbocycles. The van der Waals surface area contributed by atoms with E-state index in [2.05, 4.69) is 62.5 Å². The molecule has 0 spiro atoms. The van der Waals surface area contributed by atoms with E-state index in [1.165, 1.54) is 33.4 Å². The normalized spacial score (nSPS) is 19.9. The molecule has 4 aliphatic heterocycles. The van der Waals surface area contributed by atoms with Crippen LogP contribution in [0.25, 0.3) is 41.8 Å². The maximum Gasteiger partial charge on any atom is 0.246 e. The van der Waals surface area contributed by atoms with Crippen molar-refractivity contribution in [2.24, 2.45) is 21.7 Å². The van der Waals surface area contributed by atoms with E-state index >= 15 is 0 Å². The zero-order valence-corrected chi connectivity index (χ0v) is 87.0. The second kappa shape index (κ2) is 47.7. The van der Waals surface area contributed by atoms with Crippen LogP contribution in [0.1, 0.15) is 246 Å². The monoisotopic (exact) mass is 1970 g/mol. The number of carbonyl (C=O) groups excluding carboxylic acids is 12. The van der Waals surface area contributed by atoms with Crippen LogP contribution in [0.15, 0.2) is 119 Å². The van der Waals surface area contributed by atoms with Gasteiger partial charge >= 0.3 is 0 Å². The summed E-state index contributed by atoms with van der Waals surface area (Å²) in [6.45, 7) is 44.2. The highest BCUT2D eigenvalue weighted by Gasteiger charge is 2.50. The van der Waals surface area contributed by atoms with Gasteiger partial charge in [0, 0.05) is 78.6 Å². The van der Waals surface area contributed by atoms with E-state index in [1.54, 1.807) is 59.2 Å². The summed E-state index contributed by atoms with van der Waals surface area (Å²) in [6.07, 6.45) is -2.04. The van der Waals surface area contributed by atoms with E-state index in [-0.39, 0.29) is 160 Å². The van der Waals surface area contributed by atoms with Crippen molar-refractivity contribution in [3.63, 3.8) is 0 Å². The summed E-state index contributed by atoms with van der Waals surface area (Å²) in [5, 5.41) is 64.1. The minimum Gasteiger partial charge on any atom is -0.391 e. The van der Waals surface area contributed by atoms with Crippen LogP contribution in [-0.2, 0) is 57.5 Å². The number of hydrogen-bond acceptors (Lipinski definition) is 24. The summed E-state index contributed by atoms with van der Waals surface area (Å²) in [6, 6.07) is 24.3. The lowest BCUT2D eigenvalue weighted by Gasteiger charge is -2.35. The number of carbonyl (C=O) groups is 12. The summed E-state index contributed by atoms with van der Waals surface area (Å²) in [4.78, 5) is 181. The molecule has 4 fully saturated rings. The molecule has 8 aromatic rings. The molecular weight excluding hydrogens is 1830 g/mol. The van der Waals surface area contributed by atoms with Crippen LogP contribution in [0.3, 0.4) is 0 Å². The minimum atomic E-state index is -0.803. The molecule has 12 amide bonds. The average molecular weight is 1970 g/mol. The number of nitrogens with zero attached hydrogens (tertiary/aromatic N) is 8. The zero-order chi connectivity index (χ0) is 102. The Kier molecular flexibility index (Phi) is 38.2. The molecule has 0 radical (unpaired) electrons. The Hall–Kier alpha value is -11.1. The van der Waals surface area contributed by atoms with E-state index in [4.69, 9.17) is 0 Å². The van der Waals surface area contributed by atoms with Crippen LogP contribution in [0.4, 0.5) is 0 Å². The molecule has 4 aliphatic rings. The molecule has 138 heavy (non-hydrogen) atoms. The summed E-state index contributed by atoms with van der Waals surface area (Å²) in [5.74, 6) is -3.83. The molecule has 8 heterocycles. The number of aliphatic hydroxyl groups excluding tert-OH is 4. The van der Waals surface area contributed by atoms with Gasteiger partial charge in [-0.05, 0) is 122 Å². The number of hydrogen-bond donors (Lipinski definition) is 12. The van der Waals surface area contributed by atoms with E-state index in [0.717, 1.165) is 86.8 Å². The molecule has 4 saturated heterocycles. The Labute approximate surface area is 826 Å². The van der Waals surface area contributed by atoms with E-state index in [1.807, 2.05) is 258 Å². The Balaban J connectivity index is 0.000000206. The third-order valence-electron chi connectivity index (χ3n) is 25.0. The van der Waals surface area contributed by atoms with Crippen molar-refractivity contribution in [2.45, 2.75) is 302 Å². The maximum absolute atomic E-state index is 13.5. The molecule has 12 rings (SSSR count). The molecule has 12 N–H and O–H groups in total. The number of benzene rings is 4. The van der Waals surface area contributed by atoms with Crippen molar-refractivity contribution in [3.05, 3.63) is 164 Å². The minimum absolute atomic E-state index is 0.0559. The fourth-order valence-electron chi connectivity index (χ4n) is 17.0. The first-order valence-electron chi connectivity index (χ1n) is 46.9. The van der Waals surface area contributed by atoms with Gasteiger partial charge in [-0.25, -0.2) is 19.9 Å². The molecule has 0 bridgehead atoms. The standard InChI is InChI=1S/2C26H36N4O4S.2C25H34N4O4S/c2*1-7-21(32)29-23(26(4,5)6)25(34)30-13-19(31)12-20(30)24(33)28-15(2)17-8-10-18(11-9-17)22-16(3)27-14-35-22;2*1-14(17-7-9-18(10-8-17)21-15(2)26-13-34-21)27-23(32)20-11-19(31)12-29(20)24(33)22(25(4,5)6)28-16(3)30/h2*8-11,14-15,19-20,23,31H,7,12-13H2,1-6H3,(H,28,33)(H,29,32);2*7-10,13-14,19-20,22,31H,11-12H2,1-6H3,(H,27,32)(H,28,30)/t15-,19+,20-,23+;15-,19-,20-,23+;14-,19+,20-,22+;14-,19-,20-,22+/m0000/s1. The van der Waals surface area contributed by atoms with Crippen LogP contribution in [-0.4, -0.2) is 230 Å². The number of likely N-dealkylation sites (tertiary alicyclic amines) is 4.